The first-order valence-electron chi connectivity index (χ1n) is 6.20. The third-order valence-corrected chi connectivity index (χ3v) is 4.65. The van der Waals surface area contributed by atoms with E-state index in [0.717, 1.165) is 5.69 Å². The van der Waals surface area contributed by atoms with Gasteiger partial charge in [-0.2, -0.15) is 0 Å². The van der Waals surface area contributed by atoms with Gasteiger partial charge in [0.25, 0.3) is 0 Å². The fourth-order valence-corrected chi connectivity index (χ4v) is 3.40. The molecule has 1 saturated heterocycles. The Labute approximate surface area is 115 Å². The number of anilines is 1. The Morgan fingerprint density at radius 2 is 2.16 bits per heavy atom. The molecule has 2 heterocycles. The molecule has 2 atom stereocenters. The summed E-state index contributed by atoms with van der Waals surface area (Å²) in [6.07, 6.45) is 4.11. The van der Waals surface area contributed by atoms with E-state index in [1.165, 1.54) is 0 Å². The van der Waals surface area contributed by atoms with Crippen LogP contribution in [0.15, 0.2) is 42.6 Å². The normalized spacial score (nSPS) is 24.6. The highest BCUT2D eigenvalue weighted by Crippen LogP contribution is 2.37. The minimum Gasteiger partial charge on any atom is -0.378 e. The number of nitrogens with one attached hydrogen (secondary N) is 1. The molecule has 1 aromatic rings. The van der Waals surface area contributed by atoms with Crippen molar-refractivity contribution in [1.82, 2.24) is 4.90 Å². The second-order valence-corrected chi connectivity index (χ2v) is 5.87. The predicted octanol–water partition coefficient (Wildman–Crippen LogP) is 1.86. The number of hydrogen-bond donors (Lipinski definition) is 1. The van der Waals surface area contributed by atoms with Gasteiger partial charge in [-0.15, -0.1) is 11.8 Å². The molecule has 1 unspecified atom stereocenters. The summed E-state index contributed by atoms with van der Waals surface area (Å²) in [4.78, 5) is 25.0. The van der Waals surface area contributed by atoms with Gasteiger partial charge >= 0.3 is 0 Å². The van der Waals surface area contributed by atoms with Crippen LogP contribution < -0.4 is 5.32 Å². The molecule has 0 spiro atoms. The second-order valence-electron chi connectivity index (χ2n) is 4.54. The van der Waals surface area contributed by atoms with Crippen molar-refractivity contribution < 1.29 is 9.59 Å². The first kappa shape index (κ1) is 12.3. The standard InChI is InChI=1S/C14H14N2O2S/c17-11(9-15-10-4-2-1-3-5-10)12-6-7-16-13(18)8-14(16)19-12/h1-7,12,14-15H,8-9H2/t12?,14-/m1/s1. The first-order valence-corrected chi connectivity index (χ1v) is 7.15. The number of Topliss-reactive ketones (excluding diaryl/α,β-unsaturated/α-hetero) is 1. The van der Waals surface area contributed by atoms with Gasteiger partial charge in [0.2, 0.25) is 5.91 Å². The second kappa shape index (κ2) is 5.09. The third kappa shape index (κ3) is 2.51. The van der Waals surface area contributed by atoms with E-state index in [9.17, 15) is 9.59 Å². The van der Waals surface area contributed by atoms with E-state index in [-0.39, 0.29) is 22.3 Å². The van der Waals surface area contributed by atoms with Crippen molar-refractivity contribution in [3.8, 4) is 0 Å². The van der Waals surface area contributed by atoms with Gasteiger partial charge in [0.05, 0.1) is 23.6 Å². The number of thioether (sulfide) groups is 1. The highest BCUT2D eigenvalue weighted by molar-refractivity contribution is 8.01. The van der Waals surface area contributed by atoms with Crippen LogP contribution >= 0.6 is 11.8 Å². The van der Waals surface area contributed by atoms with Crippen molar-refractivity contribution in [2.75, 3.05) is 11.9 Å². The van der Waals surface area contributed by atoms with Crippen molar-refractivity contribution in [2.24, 2.45) is 0 Å². The smallest absolute Gasteiger partial charge is 0.230 e. The Bertz CT molecular complexity index is 530. The highest BCUT2D eigenvalue weighted by Gasteiger charge is 2.40. The molecule has 0 bridgehead atoms. The lowest BCUT2D eigenvalue weighted by Crippen LogP contribution is -2.50. The molecular weight excluding hydrogens is 260 g/mol. The van der Waals surface area contributed by atoms with Gasteiger partial charge in [0.1, 0.15) is 0 Å². The molecule has 0 saturated carbocycles. The van der Waals surface area contributed by atoms with E-state index in [1.807, 2.05) is 36.4 Å². The lowest BCUT2D eigenvalue weighted by atomic mass is 10.2. The van der Waals surface area contributed by atoms with Gasteiger partial charge in [-0.25, -0.2) is 0 Å². The average Bonchev–Trinajstić information content (AvgIpc) is 2.44. The maximum absolute atomic E-state index is 12.1. The zero-order valence-corrected chi connectivity index (χ0v) is 11.1. The predicted molar refractivity (Wildman–Crippen MR) is 75.7 cm³/mol. The van der Waals surface area contributed by atoms with Crippen LogP contribution in [0.4, 0.5) is 5.69 Å². The van der Waals surface area contributed by atoms with Crippen molar-refractivity contribution >= 4 is 29.1 Å². The Morgan fingerprint density at radius 1 is 1.37 bits per heavy atom. The number of β-lactam (4-membered cyclic amide) rings is 1. The fourth-order valence-electron chi connectivity index (χ4n) is 2.11. The molecule has 98 valence electrons. The van der Waals surface area contributed by atoms with Gasteiger partial charge in [0, 0.05) is 11.9 Å². The number of fused-ring (bicyclic) bond motifs is 1. The minimum atomic E-state index is -0.148. The molecule has 2 aliphatic heterocycles. The average molecular weight is 274 g/mol. The van der Waals surface area contributed by atoms with Crippen LogP contribution in [0.1, 0.15) is 6.42 Å². The SMILES string of the molecule is O=C(CNc1ccccc1)C1C=CN2C(=O)C[C@H]2S1. The molecule has 19 heavy (non-hydrogen) atoms. The maximum atomic E-state index is 12.1. The van der Waals surface area contributed by atoms with E-state index in [2.05, 4.69) is 5.32 Å². The molecular formula is C14H14N2O2S. The number of hydrogen-bond acceptors (Lipinski definition) is 4. The summed E-state index contributed by atoms with van der Waals surface area (Å²) in [5, 5.41) is 3.13. The summed E-state index contributed by atoms with van der Waals surface area (Å²) >= 11 is 1.56. The quantitative estimate of drug-likeness (QED) is 0.851. The highest BCUT2D eigenvalue weighted by atomic mass is 32.2. The minimum absolute atomic E-state index is 0.141. The van der Waals surface area contributed by atoms with Crippen molar-refractivity contribution in [3.63, 3.8) is 0 Å². The number of benzene rings is 1. The van der Waals surface area contributed by atoms with E-state index >= 15 is 0 Å². The van der Waals surface area contributed by atoms with Gasteiger partial charge in [-0.1, -0.05) is 18.2 Å². The molecule has 0 aromatic heterocycles. The summed E-state index contributed by atoms with van der Waals surface area (Å²) in [6, 6.07) is 9.67. The van der Waals surface area contributed by atoms with Crippen LogP contribution in [0.3, 0.4) is 0 Å². The van der Waals surface area contributed by atoms with E-state index in [1.54, 1.807) is 22.9 Å². The number of rotatable bonds is 4. The number of amides is 1. The molecule has 1 fully saturated rings. The number of nitrogens with zero attached hydrogens (tertiary/aromatic N) is 1. The molecule has 0 radical (unpaired) electrons. The van der Waals surface area contributed by atoms with Crippen LogP contribution in [0.25, 0.3) is 0 Å². The summed E-state index contributed by atoms with van der Waals surface area (Å²) < 4.78 is 0. The Kier molecular flexibility index (Phi) is 3.29. The van der Waals surface area contributed by atoms with Gasteiger partial charge in [-0.3, -0.25) is 9.59 Å². The summed E-state index contributed by atoms with van der Waals surface area (Å²) in [5.41, 5.74) is 0.945. The summed E-state index contributed by atoms with van der Waals surface area (Å²) in [6.45, 7) is 0.312. The topological polar surface area (TPSA) is 49.4 Å². The third-order valence-electron chi connectivity index (χ3n) is 3.23. The zero-order valence-electron chi connectivity index (χ0n) is 10.3. The zero-order chi connectivity index (χ0) is 13.2. The fraction of sp³-hybridized carbons (Fsp3) is 0.286. The van der Waals surface area contributed by atoms with Crippen molar-refractivity contribution in [3.05, 3.63) is 42.6 Å². The summed E-state index contributed by atoms with van der Waals surface area (Å²) in [7, 11) is 0. The van der Waals surface area contributed by atoms with E-state index in [0.29, 0.717) is 13.0 Å². The Morgan fingerprint density at radius 3 is 2.84 bits per heavy atom. The van der Waals surface area contributed by atoms with Crippen LogP contribution in [0.5, 0.6) is 0 Å². The molecule has 1 N–H and O–H groups in total. The van der Waals surface area contributed by atoms with Gasteiger partial charge in [-0.05, 0) is 18.2 Å². The number of para-hydroxylation sites is 1. The molecule has 1 amide bonds. The van der Waals surface area contributed by atoms with Crippen LogP contribution in [0, 0.1) is 0 Å². The molecule has 1 aromatic carbocycles. The van der Waals surface area contributed by atoms with Crippen molar-refractivity contribution in [1.29, 1.82) is 0 Å². The van der Waals surface area contributed by atoms with Crippen LogP contribution in [-0.4, -0.2) is 33.8 Å². The number of carbonyl (C=O) groups is 2. The lowest BCUT2D eigenvalue weighted by molar-refractivity contribution is -0.137. The Balaban J connectivity index is 1.55. The molecule has 5 heteroatoms. The molecule has 2 aliphatic rings. The van der Waals surface area contributed by atoms with Crippen LogP contribution in [-0.2, 0) is 9.59 Å². The van der Waals surface area contributed by atoms with Crippen molar-refractivity contribution in [2.45, 2.75) is 17.0 Å². The monoisotopic (exact) mass is 274 g/mol. The largest absolute Gasteiger partial charge is 0.378 e. The summed E-state index contributed by atoms with van der Waals surface area (Å²) in [5.74, 6) is 0.283. The maximum Gasteiger partial charge on any atom is 0.230 e. The molecule has 4 nitrogen and oxygen atoms in total. The molecule has 0 aliphatic carbocycles. The van der Waals surface area contributed by atoms with E-state index in [4.69, 9.17) is 0 Å². The lowest BCUT2D eigenvalue weighted by Gasteiger charge is -2.41. The van der Waals surface area contributed by atoms with E-state index < -0.39 is 0 Å². The Hall–Kier alpha value is -1.75. The molecule has 3 rings (SSSR count). The van der Waals surface area contributed by atoms with Crippen LogP contribution in [0.2, 0.25) is 0 Å². The van der Waals surface area contributed by atoms with Gasteiger partial charge in [0.15, 0.2) is 5.78 Å². The number of carbonyl (C=O) groups excluding carboxylic acids is 2. The van der Waals surface area contributed by atoms with Gasteiger partial charge < -0.3 is 10.2 Å². The first-order chi connectivity index (χ1) is 9.24. The number of ketones is 1.